The molecule has 0 saturated heterocycles. The molecule has 7 heteroatoms. The summed E-state index contributed by atoms with van der Waals surface area (Å²) in [5, 5.41) is 1.74. The number of benzene rings is 1. The van der Waals surface area contributed by atoms with Crippen molar-refractivity contribution in [1.82, 2.24) is 0 Å². The SMILES string of the molecule is Cc1c(NC(=O)C(F)(F)F)ccc2c1OCC2=O. The number of hydrogen-bond acceptors (Lipinski definition) is 3. The van der Waals surface area contributed by atoms with Gasteiger partial charge in [-0.3, -0.25) is 9.59 Å². The molecule has 1 amide bonds. The largest absolute Gasteiger partial charge is 0.484 e. The van der Waals surface area contributed by atoms with Crippen LogP contribution in [0.1, 0.15) is 15.9 Å². The zero-order valence-corrected chi connectivity index (χ0v) is 9.22. The van der Waals surface area contributed by atoms with Crippen molar-refractivity contribution >= 4 is 17.4 Å². The van der Waals surface area contributed by atoms with Gasteiger partial charge >= 0.3 is 12.1 Å². The van der Waals surface area contributed by atoms with Gasteiger partial charge in [-0.15, -0.1) is 0 Å². The second-order valence-electron chi connectivity index (χ2n) is 3.78. The minimum Gasteiger partial charge on any atom is -0.484 e. The number of carbonyl (C=O) groups is 2. The summed E-state index contributed by atoms with van der Waals surface area (Å²) in [6, 6.07) is 2.59. The van der Waals surface area contributed by atoms with Crippen LogP contribution in [-0.2, 0) is 4.79 Å². The van der Waals surface area contributed by atoms with E-state index in [0.29, 0.717) is 11.1 Å². The van der Waals surface area contributed by atoms with Crippen LogP contribution in [0, 0.1) is 6.92 Å². The van der Waals surface area contributed by atoms with Gasteiger partial charge in [-0.25, -0.2) is 0 Å². The summed E-state index contributed by atoms with van der Waals surface area (Å²) in [5.41, 5.74) is 0.597. The summed E-state index contributed by atoms with van der Waals surface area (Å²) in [6.07, 6.45) is -4.96. The van der Waals surface area contributed by atoms with Gasteiger partial charge in [0.15, 0.2) is 6.61 Å². The van der Waals surface area contributed by atoms with Gasteiger partial charge in [0.1, 0.15) is 5.75 Å². The predicted molar refractivity (Wildman–Crippen MR) is 55.7 cm³/mol. The number of ether oxygens (including phenoxy) is 1. The Morgan fingerprint density at radius 2 is 2.06 bits per heavy atom. The first-order chi connectivity index (χ1) is 8.30. The quantitative estimate of drug-likeness (QED) is 0.840. The van der Waals surface area contributed by atoms with Crippen LogP contribution in [0.4, 0.5) is 18.9 Å². The second kappa shape index (κ2) is 4.01. The predicted octanol–water partition coefficient (Wildman–Crippen LogP) is 2.07. The van der Waals surface area contributed by atoms with Crippen molar-refractivity contribution in [2.75, 3.05) is 11.9 Å². The first-order valence-corrected chi connectivity index (χ1v) is 4.98. The van der Waals surface area contributed by atoms with Gasteiger partial charge in [0.2, 0.25) is 5.78 Å². The molecule has 0 aliphatic carbocycles. The highest BCUT2D eigenvalue weighted by Gasteiger charge is 2.39. The molecule has 1 aromatic carbocycles. The lowest BCUT2D eigenvalue weighted by atomic mass is 10.1. The Balaban J connectivity index is 2.32. The Hall–Kier alpha value is -2.05. The molecular formula is C11H8F3NO3. The van der Waals surface area contributed by atoms with E-state index < -0.39 is 12.1 Å². The van der Waals surface area contributed by atoms with Gasteiger partial charge in [-0.1, -0.05) is 0 Å². The Bertz CT molecular complexity index is 537. The van der Waals surface area contributed by atoms with Crippen LogP contribution >= 0.6 is 0 Å². The molecule has 0 aromatic heterocycles. The normalized spacial score (nSPS) is 14.1. The number of amides is 1. The number of fused-ring (bicyclic) bond motifs is 1. The Labute approximate surface area is 99.7 Å². The van der Waals surface area contributed by atoms with Crippen molar-refractivity contribution in [3.63, 3.8) is 0 Å². The molecule has 0 saturated carbocycles. The smallest absolute Gasteiger partial charge is 0.471 e. The van der Waals surface area contributed by atoms with Crippen molar-refractivity contribution in [2.24, 2.45) is 0 Å². The minimum absolute atomic E-state index is 0.0224. The van der Waals surface area contributed by atoms with E-state index in [1.807, 2.05) is 0 Å². The molecule has 2 rings (SSSR count). The summed E-state index contributed by atoms with van der Waals surface area (Å²) >= 11 is 0. The molecule has 0 fully saturated rings. The molecule has 1 N–H and O–H groups in total. The molecule has 18 heavy (non-hydrogen) atoms. The maximum Gasteiger partial charge on any atom is 0.471 e. The number of nitrogens with one attached hydrogen (secondary N) is 1. The molecule has 0 spiro atoms. The maximum absolute atomic E-state index is 12.1. The van der Waals surface area contributed by atoms with E-state index in [1.54, 1.807) is 5.32 Å². The third-order valence-corrected chi connectivity index (χ3v) is 2.56. The first kappa shape index (κ1) is 12.4. The van der Waals surface area contributed by atoms with Crippen LogP contribution in [0.3, 0.4) is 0 Å². The van der Waals surface area contributed by atoms with E-state index in [0.717, 1.165) is 0 Å². The maximum atomic E-state index is 12.1. The van der Waals surface area contributed by atoms with E-state index >= 15 is 0 Å². The Kier molecular flexibility index (Phi) is 2.76. The molecule has 1 heterocycles. The summed E-state index contributed by atoms with van der Waals surface area (Å²) in [7, 11) is 0. The van der Waals surface area contributed by atoms with Crippen LogP contribution in [-0.4, -0.2) is 24.5 Å². The highest BCUT2D eigenvalue weighted by Crippen LogP contribution is 2.34. The average Bonchev–Trinajstić information content (AvgIpc) is 2.64. The van der Waals surface area contributed by atoms with Crippen molar-refractivity contribution in [3.05, 3.63) is 23.3 Å². The van der Waals surface area contributed by atoms with Crippen LogP contribution in [0.5, 0.6) is 5.75 Å². The minimum atomic E-state index is -4.96. The molecule has 0 unspecified atom stereocenters. The van der Waals surface area contributed by atoms with Crippen LogP contribution in [0.2, 0.25) is 0 Å². The average molecular weight is 259 g/mol. The standard InChI is InChI=1S/C11H8F3NO3/c1-5-7(15-10(17)11(12,13)14)3-2-6-8(16)4-18-9(5)6/h2-3H,4H2,1H3,(H,15,17). The highest BCUT2D eigenvalue weighted by molar-refractivity contribution is 6.04. The third kappa shape index (κ3) is 2.03. The molecule has 0 atom stereocenters. The molecule has 4 nitrogen and oxygen atoms in total. The number of ketones is 1. The fraction of sp³-hybridized carbons (Fsp3) is 0.273. The van der Waals surface area contributed by atoms with E-state index in [2.05, 4.69) is 0 Å². The van der Waals surface area contributed by atoms with Crippen molar-refractivity contribution in [1.29, 1.82) is 0 Å². The van der Waals surface area contributed by atoms with E-state index in [4.69, 9.17) is 4.74 Å². The molecule has 0 bridgehead atoms. The lowest BCUT2D eigenvalue weighted by Crippen LogP contribution is -2.30. The van der Waals surface area contributed by atoms with Crippen LogP contribution in [0.15, 0.2) is 12.1 Å². The highest BCUT2D eigenvalue weighted by atomic mass is 19.4. The molecule has 0 radical (unpaired) electrons. The number of halogens is 3. The lowest BCUT2D eigenvalue weighted by Gasteiger charge is -2.12. The lowest BCUT2D eigenvalue weighted by molar-refractivity contribution is -0.167. The number of hydrogen-bond donors (Lipinski definition) is 1. The summed E-state index contributed by atoms with van der Waals surface area (Å²) in [4.78, 5) is 22.1. The van der Waals surface area contributed by atoms with Gasteiger partial charge in [-0.2, -0.15) is 13.2 Å². The fourth-order valence-corrected chi connectivity index (χ4v) is 1.64. The topological polar surface area (TPSA) is 55.4 Å². The summed E-state index contributed by atoms with van der Waals surface area (Å²) in [5.74, 6) is -2.07. The van der Waals surface area contributed by atoms with Gasteiger partial charge in [0, 0.05) is 11.3 Å². The second-order valence-corrected chi connectivity index (χ2v) is 3.78. The Morgan fingerprint density at radius 1 is 1.39 bits per heavy atom. The number of carbonyl (C=O) groups excluding carboxylic acids is 2. The Morgan fingerprint density at radius 3 is 2.67 bits per heavy atom. The number of Topliss-reactive ketones (excluding diaryl/α,β-unsaturated/α-hetero) is 1. The zero-order valence-electron chi connectivity index (χ0n) is 9.22. The summed E-state index contributed by atoms with van der Waals surface area (Å²) in [6.45, 7) is 1.34. The van der Waals surface area contributed by atoms with Crippen LogP contribution in [0.25, 0.3) is 0 Å². The first-order valence-electron chi connectivity index (χ1n) is 4.98. The van der Waals surface area contributed by atoms with E-state index in [1.165, 1.54) is 19.1 Å². The zero-order chi connectivity index (χ0) is 13.5. The molecule has 96 valence electrons. The van der Waals surface area contributed by atoms with Gasteiger partial charge in [-0.05, 0) is 19.1 Å². The van der Waals surface area contributed by atoms with Crippen molar-refractivity contribution < 1.29 is 27.5 Å². The summed E-state index contributed by atoms with van der Waals surface area (Å²) < 4.78 is 41.4. The molecular weight excluding hydrogens is 251 g/mol. The van der Waals surface area contributed by atoms with Crippen molar-refractivity contribution in [3.8, 4) is 5.75 Å². The van der Waals surface area contributed by atoms with E-state index in [9.17, 15) is 22.8 Å². The van der Waals surface area contributed by atoms with Gasteiger partial charge < -0.3 is 10.1 Å². The monoisotopic (exact) mass is 259 g/mol. The molecule has 1 aromatic rings. The van der Waals surface area contributed by atoms with Crippen molar-refractivity contribution in [2.45, 2.75) is 13.1 Å². The number of rotatable bonds is 1. The third-order valence-electron chi connectivity index (χ3n) is 2.56. The van der Waals surface area contributed by atoms with Gasteiger partial charge in [0.05, 0.1) is 5.56 Å². The fourth-order valence-electron chi connectivity index (χ4n) is 1.64. The molecule has 1 aliphatic rings. The van der Waals surface area contributed by atoms with Gasteiger partial charge in [0.25, 0.3) is 0 Å². The molecule has 1 aliphatic heterocycles. The van der Waals surface area contributed by atoms with Crippen LogP contribution < -0.4 is 10.1 Å². The number of anilines is 1. The van der Waals surface area contributed by atoms with E-state index in [-0.39, 0.29) is 23.8 Å². The number of alkyl halides is 3.